The third kappa shape index (κ3) is 24.5. The second-order valence-electron chi connectivity index (χ2n) is 37.9. The quantitative estimate of drug-likeness (QED) is 0.0177. The molecular formula is C109H132N30O8. The summed E-state index contributed by atoms with van der Waals surface area (Å²) in [6, 6.07) is 43.3. The van der Waals surface area contributed by atoms with E-state index in [4.69, 9.17) is 34.2 Å². The Morgan fingerprint density at radius 3 is 1.25 bits per heavy atom. The molecule has 4 aliphatic rings. The van der Waals surface area contributed by atoms with Crippen LogP contribution in [-0.2, 0) is 26.2 Å². The lowest BCUT2D eigenvalue weighted by Crippen LogP contribution is -2.42. The molecule has 0 unspecified atom stereocenters. The first-order valence-electron chi connectivity index (χ1n) is 49.1. The van der Waals surface area contributed by atoms with Crippen LogP contribution >= 0.6 is 0 Å². The number of amides is 4. The first kappa shape index (κ1) is 103. The number of carbonyl (C=O) groups is 4. The molecule has 1 saturated carbocycles. The number of likely N-dealkylation sites (N-methyl/N-ethyl adjacent to an activating group) is 2. The highest BCUT2D eigenvalue weighted by atomic mass is 16.5. The maximum Gasteiger partial charge on any atom is 0.247 e. The maximum absolute atomic E-state index is 12.4. The average molecular weight is 1990 g/mol. The SMILES string of the molecule is C=CC(=O)Nc1cc(Nc2ncc3c(C)cc(-c4ccn(C)c4)n3n2)c(OC)cc1N(C)CCN(C)C.C=CC(=O)Nc1cc(Nc2ncc3ccc(-c4cnc5ccccc5c4)n3n2)c(OC)cc1N1CCC(N(C)C)CC1.C=CC(=O)Nc1cc(Nc2ncc3ccc(C)n3n2)c(OC)cc1N1CCC(N(C)C)CC1.C=CC(=O)Nc1cc(Nc2ncc3ccc(C4CC4)n3n2)c(OC)cc1N1CCC(N(C)C)CC1. The monoisotopic (exact) mass is 1990 g/mol. The van der Waals surface area contributed by atoms with E-state index in [-0.39, 0.29) is 23.6 Å². The normalized spacial score (nSPS) is 14.0. The number of methoxy groups -OCH3 is 4. The molecule has 3 saturated heterocycles. The molecule has 0 atom stereocenters. The van der Waals surface area contributed by atoms with Gasteiger partial charge >= 0.3 is 0 Å². The number of nitrogens with zero attached hydrogens (tertiary/aromatic N) is 22. The van der Waals surface area contributed by atoms with Crippen molar-refractivity contribution >= 4 is 149 Å². The highest BCUT2D eigenvalue weighted by molar-refractivity contribution is 6.05. The molecule has 0 spiro atoms. The van der Waals surface area contributed by atoms with Crippen molar-refractivity contribution in [3.63, 3.8) is 0 Å². The van der Waals surface area contributed by atoms with Crippen molar-refractivity contribution < 1.29 is 38.1 Å². The summed E-state index contributed by atoms with van der Waals surface area (Å²) in [6.07, 6.45) is 26.8. The zero-order valence-corrected chi connectivity index (χ0v) is 86.5. The highest BCUT2D eigenvalue weighted by Gasteiger charge is 2.32. The molecule has 1 aliphatic carbocycles. The molecule has 766 valence electrons. The van der Waals surface area contributed by atoms with Crippen molar-refractivity contribution in [2.75, 3.05) is 206 Å². The van der Waals surface area contributed by atoms with Gasteiger partial charge in [-0.05, 0) is 236 Å². The lowest BCUT2D eigenvalue weighted by Gasteiger charge is -2.37. The number of hydrogen-bond donors (Lipinski definition) is 8. The molecule has 147 heavy (non-hydrogen) atoms. The van der Waals surface area contributed by atoms with E-state index >= 15 is 0 Å². The topological polar surface area (TPSA) is 366 Å². The van der Waals surface area contributed by atoms with Gasteiger partial charge in [-0.3, -0.25) is 24.2 Å². The van der Waals surface area contributed by atoms with Crippen molar-refractivity contribution in [3.8, 4) is 45.5 Å². The van der Waals surface area contributed by atoms with Crippen LogP contribution in [0.1, 0.15) is 74.2 Å². The fourth-order valence-electron chi connectivity index (χ4n) is 18.6. The number of piperidine rings is 3. The van der Waals surface area contributed by atoms with Crippen LogP contribution in [0.3, 0.4) is 0 Å². The Hall–Kier alpha value is -16.5. The Kier molecular flexibility index (Phi) is 32.7. The molecule has 13 heterocycles. The Morgan fingerprint density at radius 2 is 0.810 bits per heavy atom. The summed E-state index contributed by atoms with van der Waals surface area (Å²) in [5.41, 5.74) is 20.6. The summed E-state index contributed by atoms with van der Waals surface area (Å²) in [5, 5.41) is 44.9. The van der Waals surface area contributed by atoms with E-state index in [1.54, 1.807) is 47.0 Å². The second-order valence-corrected chi connectivity index (χ2v) is 37.9. The lowest BCUT2D eigenvalue weighted by molar-refractivity contribution is -0.112. The van der Waals surface area contributed by atoms with Crippen LogP contribution in [0.5, 0.6) is 23.0 Å². The number of rotatable bonds is 33. The van der Waals surface area contributed by atoms with Crippen LogP contribution in [0.4, 0.5) is 92.0 Å². The number of aryl methyl sites for hydroxylation is 3. The summed E-state index contributed by atoms with van der Waals surface area (Å²) in [5.74, 6) is 3.66. The minimum absolute atomic E-state index is 0.260. The van der Waals surface area contributed by atoms with Gasteiger partial charge in [0.25, 0.3) is 0 Å². The van der Waals surface area contributed by atoms with Crippen molar-refractivity contribution in [2.24, 2.45) is 7.05 Å². The second kappa shape index (κ2) is 46.5. The predicted molar refractivity (Wildman–Crippen MR) is 588 cm³/mol. The molecule has 4 amide bonds. The number of anilines is 16. The molecule has 5 aromatic carbocycles. The fraction of sp³-hybridized carbons (Fsp3) is 0.330. The predicted octanol–water partition coefficient (Wildman–Crippen LogP) is 16.7. The number of benzene rings is 5. The molecule has 0 radical (unpaired) electrons. The van der Waals surface area contributed by atoms with Gasteiger partial charge in [0, 0.05) is 161 Å². The maximum atomic E-state index is 12.4. The molecule has 3 aliphatic heterocycles. The molecule has 38 heteroatoms. The van der Waals surface area contributed by atoms with Gasteiger partial charge in [0.2, 0.25) is 47.4 Å². The van der Waals surface area contributed by atoms with Gasteiger partial charge in [-0.25, -0.2) is 38.0 Å². The zero-order chi connectivity index (χ0) is 104. The van der Waals surface area contributed by atoms with E-state index in [2.05, 4.69) is 217 Å². The summed E-state index contributed by atoms with van der Waals surface area (Å²) in [4.78, 5) is 89.6. The largest absolute Gasteiger partial charge is 0.494 e. The van der Waals surface area contributed by atoms with Crippen LogP contribution < -0.4 is 81.1 Å². The van der Waals surface area contributed by atoms with Crippen LogP contribution in [0.2, 0.25) is 0 Å². The minimum Gasteiger partial charge on any atom is -0.494 e. The number of ether oxygens (including phenoxy) is 4. The Bertz CT molecular complexity index is 7310. The number of hydrogen-bond acceptors (Lipinski definition) is 29. The molecule has 0 bridgehead atoms. The summed E-state index contributed by atoms with van der Waals surface area (Å²) in [7, 11) is 27.3. The molecule has 19 rings (SSSR count). The summed E-state index contributed by atoms with van der Waals surface area (Å²) < 4.78 is 32.5. The fourth-order valence-corrected chi connectivity index (χ4v) is 18.6. The van der Waals surface area contributed by atoms with Gasteiger partial charge in [0.15, 0.2) is 0 Å². The Labute approximate surface area is 856 Å². The van der Waals surface area contributed by atoms with Crippen LogP contribution in [0.15, 0.2) is 221 Å². The smallest absolute Gasteiger partial charge is 0.247 e. The molecule has 4 fully saturated rings. The van der Waals surface area contributed by atoms with Crippen molar-refractivity contribution in [3.05, 3.63) is 238 Å². The first-order chi connectivity index (χ1) is 71.0. The van der Waals surface area contributed by atoms with Crippen LogP contribution in [0, 0.1) is 13.8 Å². The highest BCUT2D eigenvalue weighted by Crippen LogP contribution is 2.46. The number of pyridine rings is 1. The Balaban J connectivity index is 0.000000141. The molecule has 15 aromatic rings. The van der Waals surface area contributed by atoms with Crippen LogP contribution in [-0.4, -0.2) is 274 Å². The molecular weight excluding hydrogens is 1860 g/mol. The zero-order valence-electron chi connectivity index (χ0n) is 86.5. The van der Waals surface area contributed by atoms with E-state index in [9.17, 15) is 19.2 Å². The number of para-hydroxylation sites is 1. The lowest BCUT2D eigenvalue weighted by atomic mass is 10.0. The molecule has 10 aromatic heterocycles. The van der Waals surface area contributed by atoms with Gasteiger partial charge in [-0.15, -0.1) is 20.4 Å². The van der Waals surface area contributed by atoms with Crippen LogP contribution in [0.25, 0.3) is 55.5 Å². The van der Waals surface area contributed by atoms with Crippen molar-refractivity contribution in [2.45, 2.75) is 89.3 Å². The average Bonchev–Trinajstić information content (AvgIpc) is 1.67. The molecule has 8 N–H and O–H groups in total. The number of carbonyl (C=O) groups excluding carboxylic acids is 4. The minimum atomic E-state index is -0.300. The van der Waals surface area contributed by atoms with E-state index in [1.165, 1.54) is 42.8 Å². The summed E-state index contributed by atoms with van der Waals surface area (Å²) in [6.45, 7) is 25.4. The standard InChI is InChI=1S/C32H34N8O2.C27H34N8O2.C26H33N7O2.C24H31N7O2/c1-5-31(41)35-26-17-27(30(42-4)18-29(26)39-14-12-23(13-15-39)38(2)3)36-32-34-20-24-10-11-28(40(24)37-32)22-16-21-8-6-7-9-25(21)33-19-22;1-8-26(36)29-20-14-21(25(37-7)15-23(20)34(6)12-11-32(3)4)30-27-28-16-24-18(2)13-22(35(24)31-27)19-9-10-33(5)17-19;1-5-25(34)28-20-14-21(24(35-4)15-23(20)32-12-10-18(11-13-32)31(2)3)29-26-27-16-19-8-9-22(17-6-7-17)33(19)30-26;1-6-23(32)26-19-13-20(27-24-25-15-18-8-7-16(2)31(18)28-24)22(33-5)14-21(19)30-11-9-17(10-12-30)29(3)4/h5-11,16-20,23H,1,12-15H2,2-4H3,(H,35,41)(H,36,37);8-10,13-17H,1,11-12H2,2-7H3,(H,29,36)(H,30,31);5,8-9,14-18H,1,6-7,10-13H2,2-4H3,(H,28,34)(H,29,30);6-8,13-15,17H,1,9-12H2,2-5H3,(H,26,32)(H,27,28). The van der Waals surface area contributed by atoms with Gasteiger partial charge in [0.05, 0.1) is 160 Å². The summed E-state index contributed by atoms with van der Waals surface area (Å²) >= 11 is 0. The number of aromatic nitrogens is 14. The van der Waals surface area contributed by atoms with Gasteiger partial charge in [-0.2, -0.15) is 0 Å². The third-order valence-electron chi connectivity index (χ3n) is 27.1. The van der Waals surface area contributed by atoms with Gasteiger partial charge < -0.3 is 105 Å². The van der Waals surface area contributed by atoms with E-state index in [1.807, 2.05) is 180 Å². The number of fused-ring (bicyclic) bond motifs is 5. The van der Waals surface area contributed by atoms with Gasteiger partial charge in [-0.1, -0.05) is 44.5 Å². The van der Waals surface area contributed by atoms with Crippen molar-refractivity contribution in [1.82, 2.24) is 87.5 Å². The first-order valence-corrected chi connectivity index (χ1v) is 49.1. The Morgan fingerprint density at radius 1 is 0.401 bits per heavy atom. The van der Waals surface area contributed by atoms with E-state index in [0.29, 0.717) is 116 Å². The number of nitrogens with one attached hydrogen (secondary N) is 8. The third-order valence-corrected chi connectivity index (χ3v) is 27.1. The van der Waals surface area contributed by atoms with Gasteiger partial charge in [0.1, 0.15) is 23.0 Å². The van der Waals surface area contributed by atoms with Crippen molar-refractivity contribution in [1.29, 1.82) is 0 Å². The molecule has 38 nitrogen and oxygen atoms in total. The van der Waals surface area contributed by atoms with E-state index in [0.717, 1.165) is 180 Å². The van der Waals surface area contributed by atoms with E-state index < -0.39 is 0 Å².